The third-order valence-electron chi connectivity index (χ3n) is 4.55. The number of allylic oxidation sites excluding steroid dienone is 1. The van der Waals surface area contributed by atoms with Gasteiger partial charge in [0.05, 0.1) is 23.6 Å². The summed E-state index contributed by atoms with van der Waals surface area (Å²) in [6.07, 6.45) is 0. The van der Waals surface area contributed by atoms with Crippen LogP contribution in [0.2, 0.25) is 0 Å². The molecule has 0 aliphatic heterocycles. The fourth-order valence-electron chi connectivity index (χ4n) is 2.95. The molecule has 2 aromatic rings. The van der Waals surface area contributed by atoms with E-state index in [1.165, 1.54) is 0 Å². The first-order valence-electron chi connectivity index (χ1n) is 9.40. The Morgan fingerprint density at radius 3 is 2.52 bits per heavy atom. The molecule has 6 nitrogen and oxygen atoms in total. The average molecular weight is 417 g/mol. The second-order valence-corrected chi connectivity index (χ2v) is 7.01. The van der Waals surface area contributed by atoms with Gasteiger partial charge in [0.25, 0.3) is 0 Å². The molecule has 0 aromatic heterocycles. The molecule has 7 heteroatoms. The minimum absolute atomic E-state index is 0.315. The van der Waals surface area contributed by atoms with Gasteiger partial charge < -0.3 is 19.8 Å². The van der Waals surface area contributed by atoms with Gasteiger partial charge in [-0.25, -0.2) is 5.84 Å². The summed E-state index contributed by atoms with van der Waals surface area (Å²) in [5, 5.41) is 13.2. The van der Waals surface area contributed by atoms with Crippen molar-refractivity contribution >= 4 is 23.0 Å². The smallest absolute Gasteiger partial charge is 0.128 e. The molecule has 29 heavy (non-hydrogen) atoms. The van der Waals surface area contributed by atoms with Crippen LogP contribution in [0.15, 0.2) is 47.1 Å². The molecular weight excluding hydrogens is 388 g/mol. The van der Waals surface area contributed by atoms with Crippen LogP contribution in [0, 0.1) is 12.3 Å². The number of hydrogen-bond donors (Lipinski definition) is 3. The van der Waals surface area contributed by atoms with Gasteiger partial charge in [-0.15, -0.1) is 0 Å². The molecule has 0 heterocycles. The van der Waals surface area contributed by atoms with Crippen LogP contribution in [-0.2, 0) is 6.61 Å². The van der Waals surface area contributed by atoms with E-state index in [4.69, 9.17) is 32.3 Å². The van der Waals surface area contributed by atoms with Gasteiger partial charge in [-0.1, -0.05) is 17.7 Å². The normalized spacial score (nSPS) is 11.6. The van der Waals surface area contributed by atoms with Gasteiger partial charge in [-0.05, 0) is 56.7 Å². The minimum Gasteiger partial charge on any atom is -0.493 e. The van der Waals surface area contributed by atoms with Crippen molar-refractivity contribution in [3.8, 4) is 11.5 Å². The van der Waals surface area contributed by atoms with E-state index in [2.05, 4.69) is 5.32 Å². The Labute approximate surface area is 177 Å². The summed E-state index contributed by atoms with van der Waals surface area (Å²) in [5.41, 5.74) is 4.48. The Bertz CT molecular complexity index is 910. The van der Waals surface area contributed by atoms with E-state index in [9.17, 15) is 0 Å². The number of ether oxygens (including phenoxy) is 2. The number of halogens is 1. The highest BCUT2D eigenvalue weighted by atomic mass is 35.5. The maximum Gasteiger partial charge on any atom is 0.128 e. The molecule has 0 bridgehead atoms. The lowest BCUT2D eigenvalue weighted by molar-refractivity contribution is 0.285. The molecule has 0 saturated heterocycles. The van der Waals surface area contributed by atoms with Crippen molar-refractivity contribution in [1.29, 1.82) is 5.41 Å². The molecule has 0 radical (unpaired) electrons. The summed E-state index contributed by atoms with van der Waals surface area (Å²) in [6.45, 7) is 6.58. The Morgan fingerprint density at radius 2 is 1.93 bits per heavy atom. The van der Waals surface area contributed by atoms with Crippen molar-refractivity contribution < 1.29 is 9.47 Å². The number of nitrogens with two attached hydrogens (primary N) is 1. The van der Waals surface area contributed by atoms with Crippen molar-refractivity contribution in [2.24, 2.45) is 5.84 Å². The second-order valence-electron chi connectivity index (χ2n) is 6.63. The number of aryl methyl sites for hydroxylation is 1. The lowest BCUT2D eigenvalue weighted by Crippen LogP contribution is -2.26. The Hall–Kier alpha value is -2.70. The predicted molar refractivity (Wildman–Crippen MR) is 120 cm³/mol. The summed E-state index contributed by atoms with van der Waals surface area (Å²) in [4.78, 5) is 0. The van der Waals surface area contributed by atoms with E-state index in [1.807, 2.05) is 57.2 Å². The SMILES string of the molecule is CCOc1cccc(N(C)N)c1COc1ccc(C(=N)/C(C)=C(/Cl)NC)cc1C. The van der Waals surface area contributed by atoms with Gasteiger partial charge in [0.15, 0.2) is 0 Å². The van der Waals surface area contributed by atoms with Crippen LogP contribution >= 0.6 is 11.6 Å². The van der Waals surface area contributed by atoms with Crippen LogP contribution in [-0.4, -0.2) is 26.4 Å². The number of hydrogen-bond acceptors (Lipinski definition) is 6. The predicted octanol–water partition coefficient (Wildman–Crippen LogP) is 4.34. The second kappa shape index (κ2) is 10.2. The monoisotopic (exact) mass is 416 g/mol. The largest absolute Gasteiger partial charge is 0.493 e. The number of benzene rings is 2. The third-order valence-corrected chi connectivity index (χ3v) is 5.02. The van der Waals surface area contributed by atoms with E-state index >= 15 is 0 Å². The lowest BCUT2D eigenvalue weighted by Gasteiger charge is -2.21. The molecule has 2 aromatic carbocycles. The molecule has 0 aliphatic carbocycles. The molecule has 0 unspecified atom stereocenters. The van der Waals surface area contributed by atoms with Crippen LogP contribution in [0.1, 0.15) is 30.5 Å². The maximum atomic E-state index is 8.36. The zero-order valence-corrected chi connectivity index (χ0v) is 18.4. The number of anilines is 1. The molecule has 0 saturated carbocycles. The maximum absolute atomic E-state index is 8.36. The first-order chi connectivity index (χ1) is 13.8. The third kappa shape index (κ3) is 5.43. The molecule has 0 amide bonds. The summed E-state index contributed by atoms with van der Waals surface area (Å²) in [5.74, 6) is 7.46. The highest BCUT2D eigenvalue weighted by Crippen LogP contribution is 2.30. The zero-order valence-electron chi connectivity index (χ0n) is 17.6. The molecule has 0 atom stereocenters. The van der Waals surface area contributed by atoms with Crippen LogP contribution < -0.4 is 25.6 Å². The van der Waals surface area contributed by atoms with Crippen molar-refractivity contribution in [1.82, 2.24) is 5.32 Å². The topological polar surface area (TPSA) is 83.6 Å². The van der Waals surface area contributed by atoms with Crippen LogP contribution in [0.3, 0.4) is 0 Å². The summed E-state index contributed by atoms with van der Waals surface area (Å²) in [7, 11) is 3.51. The number of hydrazine groups is 1. The van der Waals surface area contributed by atoms with Crippen LogP contribution in [0.5, 0.6) is 11.5 Å². The number of rotatable bonds is 9. The Balaban J connectivity index is 2.26. The van der Waals surface area contributed by atoms with Crippen LogP contribution in [0.4, 0.5) is 5.69 Å². The van der Waals surface area contributed by atoms with Gasteiger partial charge in [0, 0.05) is 25.2 Å². The number of nitrogens with one attached hydrogen (secondary N) is 2. The summed E-state index contributed by atoms with van der Waals surface area (Å²) in [6, 6.07) is 11.4. The van der Waals surface area contributed by atoms with Gasteiger partial charge in [-0.2, -0.15) is 0 Å². The number of nitrogens with zero attached hydrogens (tertiary/aromatic N) is 1. The molecule has 0 aliphatic rings. The summed E-state index contributed by atoms with van der Waals surface area (Å²) >= 11 is 6.11. The van der Waals surface area contributed by atoms with Crippen molar-refractivity contribution in [3.63, 3.8) is 0 Å². The first-order valence-corrected chi connectivity index (χ1v) is 9.77. The van der Waals surface area contributed by atoms with Crippen molar-refractivity contribution in [2.45, 2.75) is 27.4 Å². The zero-order chi connectivity index (χ0) is 21.6. The Kier molecular flexibility index (Phi) is 7.93. The fraction of sp³-hybridized carbons (Fsp3) is 0.318. The minimum atomic E-state index is 0.315. The van der Waals surface area contributed by atoms with Gasteiger partial charge in [0.2, 0.25) is 0 Å². The fourth-order valence-corrected chi connectivity index (χ4v) is 3.05. The molecule has 2 rings (SSSR count). The molecule has 4 N–H and O–H groups in total. The van der Waals surface area contributed by atoms with E-state index in [0.717, 1.165) is 33.9 Å². The first kappa shape index (κ1) is 22.6. The standard InChI is InChI=1S/C22H29ClN4O2/c1-6-28-20-9-7-8-18(27(5)25)17(20)13-29-19-11-10-16(12-14(19)2)21(24)15(3)22(23)26-4/h7-12,24,26H,6,13,25H2,1-5H3/b22-15-,24-21?. The molecule has 0 spiro atoms. The quantitative estimate of drug-likeness (QED) is 0.245. The van der Waals surface area contributed by atoms with Gasteiger partial charge >= 0.3 is 0 Å². The average Bonchev–Trinajstić information content (AvgIpc) is 2.71. The molecule has 0 fully saturated rings. The van der Waals surface area contributed by atoms with E-state index in [1.54, 1.807) is 19.1 Å². The van der Waals surface area contributed by atoms with Crippen molar-refractivity contribution in [3.05, 3.63) is 63.8 Å². The lowest BCUT2D eigenvalue weighted by atomic mass is 10.0. The van der Waals surface area contributed by atoms with E-state index in [-0.39, 0.29) is 0 Å². The highest BCUT2D eigenvalue weighted by Gasteiger charge is 2.14. The van der Waals surface area contributed by atoms with Crippen molar-refractivity contribution in [2.75, 3.05) is 25.7 Å². The van der Waals surface area contributed by atoms with Gasteiger partial charge in [0.1, 0.15) is 23.3 Å². The van der Waals surface area contributed by atoms with E-state index < -0.39 is 0 Å². The van der Waals surface area contributed by atoms with E-state index in [0.29, 0.717) is 29.7 Å². The molecular formula is C22H29ClN4O2. The van der Waals surface area contributed by atoms with Gasteiger partial charge in [-0.3, -0.25) is 5.41 Å². The highest BCUT2D eigenvalue weighted by molar-refractivity contribution is 6.32. The van der Waals surface area contributed by atoms with Crippen LogP contribution in [0.25, 0.3) is 0 Å². The Morgan fingerprint density at radius 1 is 1.21 bits per heavy atom. The summed E-state index contributed by atoms with van der Waals surface area (Å²) < 4.78 is 11.8. The molecule has 156 valence electrons.